The summed E-state index contributed by atoms with van der Waals surface area (Å²) in [6.07, 6.45) is 3.16. The number of aromatic nitrogens is 5. The van der Waals surface area contributed by atoms with Crippen LogP contribution in [0.15, 0.2) is 66.1 Å². The van der Waals surface area contributed by atoms with Crippen LogP contribution in [0.2, 0.25) is 0 Å². The Morgan fingerprint density at radius 2 is 2.03 bits per heavy atom. The Balaban J connectivity index is 1.32. The Bertz CT molecular complexity index is 1370. The maximum atomic E-state index is 13.3. The van der Waals surface area contributed by atoms with Crippen molar-refractivity contribution in [1.29, 1.82) is 0 Å². The molecule has 148 valence electrons. The maximum absolute atomic E-state index is 13.3. The fourth-order valence-corrected chi connectivity index (χ4v) is 4.61. The van der Waals surface area contributed by atoms with Gasteiger partial charge in [-0.05, 0) is 30.3 Å². The predicted octanol–water partition coefficient (Wildman–Crippen LogP) is 4.30. The van der Waals surface area contributed by atoms with E-state index in [2.05, 4.69) is 25.4 Å². The molecule has 0 atom stereocenters. The summed E-state index contributed by atoms with van der Waals surface area (Å²) in [4.78, 5) is 25.3. The van der Waals surface area contributed by atoms with Gasteiger partial charge in [0.2, 0.25) is 5.91 Å². The molecule has 7 nitrogen and oxygen atoms in total. The highest BCUT2D eigenvalue weighted by molar-refractivity contribution is 8.00. The molecule has 0 saturated heterocycles. The van der Waals surface area contributed by atoms with Gasteiger partial charge in [0.05, 0.1) is 33.2 Å². The van der Waals surface area contributed by atoms with Crippen LogP contribution < -0.4 is 5.32 Å². The molecule has 10 heteroatoms. The molecule has 0 fully saturated rings. The second-order valence-corrected chi connectivity index (χ2v) is 8.27. The molecule has 0 unspecified atom stereocenters. The number of amides is 1. The molecular formula is C20H13FN6OS2. The molecule has 30 heavy (non-hydrogen) atoms. The van der Waals surface area contributed by atoms with Crippen molar-refractivity contribution in [2.75, 3.05) is 11.1 Å². The van der Waals surface area contributed by atoms with E-state index < -0.39 is 0 Å². The average Bonchev–Trinajstić information content (AvgIpc) is 3.36. The van der Waals surface area contributed by atoms with E-state index in [9.17, 15) is 9.18 Å². The Labute approximate surface area is 178 Å². The van der Waals surface area contributed by atoms with E-state index in [1.807, 2.05) is 30.3 Å². The lowest BCUT2D eigenvalue weighted by molar-refractivity contribution is -0.113. The molecule has 2 aromatic carbocycles. The fourth-order valence-electron chi connectivity index (χ4n) is 2.94. The molecule has 0 bridgehead atoms. The third-order valence-corrected chi connectivity index (χ3v) is 6.21. The van der Waals surface area contributed by atoms with Crippen molar-refractivity contribution >= 4 is 55.4 Å². The van der Waals surface area contributed by atoms with Crippen molar-refractivity contribution in [2.45, 2.75) is 5.03 Å². The molecule has 1 amide bonds. The van der Waals surface area contributed by atoms with Gasteiger partial charge in [-0.25, -0.2) is 24.0 Å². The molecule has 0 saturated carbocycles. The van der Waals surface area contributed by atoms with Gasteiger partial charge in [-0.2, -0.15) is 5.10 Å². The van der Waals surface area contributed by atoms with Crippen LogP contribution in [0.25, 0.3) is 26.9 Å². The Morgan fingerprint density at radius 1 is 1.17 bits per heavy atom. The lowest BCUT2D eigenvalue weighted by Crippen LogP contribution is -2.13. The summed E-state index contributed by atoms with van der Waals surface area (Å²) in [6, 6.07) is 14.0. The summed E-state index contributed by atoms with van der Waals surface area (Å²) in [5, 5.41) is 9.05. The van der Waals surface area contributed by atoms with Crippen LogP contribution in [-0.4, -0.2) is 36.4 Å². The Morgan fingerprint density at radius 3 is 2.90 bits per heavy atom. The molecule has 1 N–H and O–H groups in total. The van der Waals surface area contributed by atoms with E-state index in [1.54, 1.807) is 16.9 Å². The molecule has 0 spiro atoms. The zero-order valence-corrected chi connectivity index (χ0v) is 17.0. The average molecular weight is 436 g/mol. The van der Waals surface area contributed by atoms with Gasteiger partial charge in [0.25, 0.3) is 0 Å². The van der Waals surface area contributed by atoms with Crippen LogP contribution in [0, 0.1) is 5.82 Å². The predicted molar refractivity (Wildman–Crippen MR) is 116 cm³/mol. The number of thiazole rings is 1. The van der Waals surface area contributed by atoms with Crippen molar-refractivity contribution in [1.82, 2.24) is 24.7 Å². The van der Waals surface area contributed by atoms with E-state index in [-0.39, 0.29) is 17.5 Å². The number of anilines is 1. The molecule has 3 aromatic heterocycles. The summed E-state index contributed by atoms with van der Waals surface area (Å²) in [7, 11) is 0. The summed E-state index contributed by atoms with van der Waals surface area (Å²) in [5.74, 6) is -0.405. The van der Waals surface area contributed by atoms with Crippen molar-refractivity contribution in [3.63, 3.8) is 0 Å². The third-order valence-electron chi connectivity index (χ3n) is 4.27. The van der Waals surface area contributed by atoms with Crippen molar-refractivity contribution < 1.29 is 9.18 Å². The van der Waals surface area contributed by atoms with E-state index in [4.69, 9.17) is 0 Å². The summed E-state index contributed by atoms with van der Waals surface area (Å²) < 4.78 is 15.7. The second kappa shape index (κ2) is 7.81. The van der Waals surface area contributed by atoms with Crippen LogP contribution in [0.1, 0.15) is 0 Å². The molecule has 5 aromatic rings. The molecule has 3 heterocycles. The number of rotatable bonds is 5. The van der Waals surface area contributed by atoms with Crippen molar-refractivity contribution in [3.05, 3.63) is 66.9 Å². The number of para-hydroxylation sites is 1. The highest BCUT2D eigenvalue weighted by Gasteiger charge is 2.14. The minimum absolute atomic E-state index is 0.146. The monoisotopic (exact) mass is 436 g/mol. The van der Waals surface area contributed by atoms with Crippen LogP contribution in [-0.2, 0) is 4.79 Å². The highest BCUT2D eigenvalue weighted by Crippen LogP contribution is 2.28. The molecule has 0 aliphatic rings. The first-order valence-corrected chi connectivity index (χ1v) is 10.7. The summed E-state index contributed by atoms with van der Waals surface area (Å²) in [5.41, 5.74) is 2.22. The molecule has 0 aliphatic heterocycles. The van der Waals surface area contributed by atoms with Crippen LogP contribution >= 0.6 is 23.1 Å². The first-order valence-electron chi connectivity index (χ1n) is 8.90. The van der Waals surface area contributed by atoms with Gasteiger partial charge in [-0.15, -0.1) is 0 Å². The zero-order chi connectivity index (χ0) is 20.5. The quantitative estimate of drug-likeness (QED) is 0.327. The highest BCUT2D eigenvalue weighted by atomic mass is 32.2. The molecular weight excluding hydrogens is 423 g/mol. The number of benzene rings is 2. The minimum Gasteiger partial charge on any atom is -0.301 e. The van der Waals surface area contributed by atoms with Crippen LogP contribution in [0.4, 0.5) is 9.52 Å². The van der Waals surface area contributed by atoms with Crippen molar-refractivity contribution in [2.24, 2.45) is 0 Å². The number of halogens is 1. The van der Waals surface area contributed by atoms with Gasteiger partial charge in [0.1, 0.15) is 17.2 Å². The molecule has 0 aliphatic carbocycles. The number of hydrogen-bond acceptors (Lipinski definition) is 7. The van der Waals surface area contributed by atoms with Gasteiger partial charge >= 0.3 is 0 Å². The molecule has 0 radical (unpaired) electrons. The Hall–Kier alpha value is -3.37. The smallest absolute Gasteiger partial charge is 0.236 e. The Kier molecular flexibility index (Phi) is 4.85. The number of hydrogen-bond donors (Lipinski definition) is 1. The van der Waals surface area contributed by atoms with Crippen LogP contribution in [0.3, 0.4) is 0 Å². The van der Waals surface area contributed by atoms with E-state index >= 15 is 0 Å². The van der Waals surface area contributed by atoms with E-state index in [1.165, 1.54) is 41.6 Å². The van der Waals surface area contributed by atoms with Gasteiger partial charge in [0, 0.05) is 0 Å². The van der Waals surface area contributed by atoms with Gasteiger partial charge < -0.3 is 5.32 Å². The summed E-state index contributed by atoms with van der Waals surface area (Å²) in [6.45, 7) is 0. The third kappa shape index (κ3) is 3.62. The fraction of sp³-hybridized carbons (Fsp3) is 0.0500. The zero-order valence-electron chi connectivity index (χ0n) is 15.3. The number of nitrogens with zero attached hydrogens (tertiary/aromatic N) is 5. The van der Waals surface area contributed by atoms with Gasteiger partial charge in [-0.3, -0.25) is 4.79 Å². The topological polar surface area (TPSA) is 85.6 Å². The van der Waals surface area contributed by atoms with Gasteiger partial charge in [0.15, 0.2) is 10.8 Å². The number of thioether (sulfide) groups is 1. The minimum atomic E-state index is -0.330. The van der Waals surface area contributed by atoms with Crippen molar-refractivity contribution in [3.8, 4) is 5.69 Å². The standard InChI is InChI=1S/C20H13FN6OS2/c21-12-6-7-15-16(8-12)30-20(25-15)26-17(28)10-29-19-14-9-24-27(18(14)22-11-23-19)13-4-2-1-3-5-13/h1-9,11H,10H2,(H,25,26,28). The maximum Gasteiger partial charge on any atom is 0.236 e. The summed E-state index contributed by atoms with van der Waals surface area (Å²) >= 11 is 2.53. The first-order chi connectivity index (χ1) is 14.7. The van der Waals surface area contributed by atoms with E-state index in [0.717, 1.165) is 11.1 Å². The lowest BCUT2D eigenvalue weighted by atomic mass is 10.3. The SMILES string of the molecule is O=C(CSc1ncnc2c1cnn2-c1ccccc1)Nc1nc2ccc(F)cc2s1. The molecule has 5 rings (SSSR count). The number of carbonyl (C=O) groups excluding carboxylic acids is 1. The largest absolute Gasteiger partial charge is 0.301 e. The normalized spacial score (nSPS) is 11.2. The second-order valence-electron chi connectivity index (χ2n) is 6.28. The van der Waals surface area contributed by atoms with E-state index in [0.29, 0.717) is 26.0 Å². The van der Waals surface area contributed by atoms with Gasteiger partial charge in [-0.1, -0.05) is 41.3 Å². The number of nitrogens with one attached hydrogen (secondary N) is 1. The lowest BCUT2D eigenvalue weighted by Gasteiger charge is -2.04. The first kappa shape index (κ1) is 18.6. The number of fused-ring (bicyclic) bond motifs is 2. The number of carbonyl (C=O) groups is 1. The van der Waals surface area contributed by atoms with Crippen LogP contribution in [0.5, 0.6) is 0 Å².